The Labute approximate surface area is 168 Å². The van der Waals surface area contributed by atoms with Crippen LogP contribution in [-0.4, -0.2) is 44.2 Å². The monoisotopic (exact) mass is 398 g/mol. The van der Waals surface area contributed by atoms with Crippen molar-refractivity contribution in [2.45, 2.75) is 6.92 Å². The number of nitrogens with zero attached hydrogens (tertiary/aromatic N) is 1. The second kappa shape index (κ2) is 11.1. The van der Waals surface area contributed by atoms with Gasteiger partial charge in [-0.05, 0) is 42.8 Å². The van der Waals surface area contributed by atoms with E-state index in [1.54, 1.807) is 30.3 Å². The summed E-state index contributed by atoms with van der Waals surface area (Å²) in [6.45, 7) is 2.02. The average molecular weight is 398 g/mol. The minimum absolute atomic E-state index is 0.190. The Morgan fingerprint density at radius 1 is 1.00 bits per heavy atom. The van der Waals surface area contributed by atoms with Crippen molar-refractivity contribution in [3.8, 4) is 11.5 Å². The van der Waals surface area contributed by atoms with E-state index in [-0.39, 0.29) is 12.5 Å². The van der Waals surface area contributed by atoms with Crippen LogP contribution in [0.2, 0.25) is 0 Å². The molecule has 0 aromatic heterocycles. The summed E-state index contributed by atoms with van der Waals surface area (Å²) in [7, 11) is 1.35. The molecule has 3 amide bonds. The lowest BCUT2D eigenvalue weighted by Gasteiger charge is -2.12. The first-order valence-electron chi connectivity index (χ1n) is 8.83. The number of hydrazone groups is 1. The molecule has 0 bridgehead atoms. The lowest BCUT2D eigenvalue weighted by Crippen LogP contribution is -2.35. The summed E-state index contributed by atoms with van der Waals surface area (Å²) in [6.07, 6.45) is 1.36. The third-order valence-corrected chi connectivity index (χ3v) is 3.50. The van der Waals surface area contributed by atoms with Crippen LogP contribution in [0, 0.1) is 0 Å². The highest BCUT2D eigenvalue weighted by atomic mass is 16.5. The van der Waals surface area contributed by atoms with Crippen LogP contribution in [0.5, 0.6) is 11.5 Å². The summed E-state index contributed by atoms with van der Waals surface area (Å²) >= 11 is 0. The van der Waals surface area contributed by atoms with Crippen molar-refractivity contribution in [2.75, 3.05) is 25.6 Å². The Bertz CT molecular complexity index is 884. The number of anilines is 1. The molecule has 9 heteroatoms. The number of hydrogen-bond acceptors (Lipinski definition) is 6. The van der Waals surface area contributed by atoms with Crippen LogP contribution in [0.3, 0.4) is 0 Å². The number of ether oxygens (including phenoxy) is 2. The van der Waals surface area contributed by atoms with Gasteiger partial charge in [-0.3, -0.25) is 14.4 Å². The van der Waals surface area contributed by atoms with Gasteiger partial charge in [0.25, 0.3) is 5.91 Å². The summed E-state index contributed by atoms with van der Waals surface area (Å²) in [5, 5.41) is 8.64. The molecule has 0 aliphatic heterocycles. The first-order valence-corrected chi connectivity index (χ1v) is 8.83. The fourth-order valence-electron chi connectivity index (χ4n) is 2.18. The zero-order valence-electron chi connectivity index (χ0n) is 16.1. The molecule has 3 N–H and O–H groups in total. The van der Waals surface area contributed by atoms with Crippen molar-refractivity contribution in [3.63, 3.8) is 0 Å². The molecule has 2 rings (SSSR count). The Hall–Kier alpha value is -3.88. The summed E-state index contributed by atoms with van der Waals surface area (Å²) < 4.78 is 11.1. The van der Waals surface area contributed by atoms with Crippen molar-refractivity contribution >= 4 is 29.6 Å². The number of benzene rings is 2. The van der Waals surface area contributed by atoms with Gasteiger partial charge in [0.1, 0.15) is 0 Å². The van der Waals surface area contributed by atoms with Crippen molar-refractivity contribution in [1.82, 2.24) is 10.7 Å². The van der Waals surface area contributed by atoms with Gasteiger partial charge < -0.3 is 20.1 Å². The highest BCUT2D eigenvalue weighted by Crippen LogP contribution is 2.28. The number of likely N-dealkylation sites (N-methyl/N-ethyl adjacent to an activating group) is 1. The molecule has 0 aliphatic carbocycles. The van der Waals surface area contributed by atoms with Gasteiger partial charge in [-0.25, -0.2) is 5.43 Å². The van der Waals surface area contributed by atoms with Crippen LogP contribution in [0.15, 0.2) is 53.6 Å². The highest BCUT2D eigenvalue weighted by molar-refractivity contribution is 6.35. The van der Waals surface area contributed by atoms with Gasteiger partial charge in [-0.2, -0.15) is 5.10 Å². The fraction of sp³-hybridized carbons (Fsp3) is 0.200. The molecule has 0 heterocycles. The standard InChI is InChI=1S/C20H22N4O5/c1-3-28-17-11-14(12-22-24-20(27)19(26)21-2)9-10-16(17)29-13-18(25)23-15-7-5-4-6-8-15/h4-12H,3,13H2,1-2H3,(H,21,26)(H,23,25)(H,24,27)/b22-12-. The maximum Gasteiger partial charge on any atom is 0.329 e. The first-order chi connectivity index (χ1) is 14.0. The Morgan fingerprint density at radius 3 is 2.45 bits per heavy atom. The first kappa shape index (κ1) is 21.4. The van der Waals surface area contributed by atoms with Gasteiger partial charge in [0.05, 0.1) is 12.8 Å². The molecule has 0 radical (unpaired) electrons. The van der Waals surface area contributed by atoms with E-state index in [1.807, 2.05) is 25.1 Å². The number of para-hydroxylation sites is 1. The predicted molar refractivity (Wildman–Crippen MR) is 108 cm³/mol. The Balaban J connectivity index is 1.98. The maximum atomic E-state index is 12.0. The molecule has 0 unspecified atom stereocenters. The van der Waals surface area contributed by atoms with Crippen LogP contribution < -0.4 is 25.5 Å². The molecular formula is C20H22N4O5. The molecule has 2 aromatic carbocycles. The lowest BCUT2D eigenvalue weighted by atomic mass is 10.2. The summed E-state index contributed by atoms with van der Waals surface area (Å²) in [5.74, 6) is -1.17. The van der Waals surface area contributed by atoms with Crippen LogP contribution in [-0.2, 0) is 14.4 Å². The molecule has 9 nitrogen and oxygen atoms in total. The molecule has 152 valence electrons. The third kappa shape index (κ3) is 6.98. The Morgan fingerprint density at radius 2 is 1.76 bits per heavy atom. The van der Waals surface area contributed by atoms with Crippen LogP contribution in [0.25, 0.3) is 0 Å². The SMILES string of the molecule is CCOc1cc(/C=N\NC(=O)C(=O)NC)ccc1OCC(=O)Nc1ccccc1. The van der Waals surface area contributed by atoms with E-state index in [4.69, 9.17) is 9.47 Å². The molecule has 0 atom stereocenters. The van der Waals surface area contributed by atoms with E-state index in [1.165, 1.54) is 13.3 Å². The summed E-state index contributed by atoms with van der Waals surface area (Å²) in [6, 6.07) is 14.0. The second-order valence-electron chi connectivity index (χ2n) is 5.62. The van der Waals surface area contributed by atoms with Crippen LogP contribution in [0.4, 0.5) is 5.69 Å². The molecule has 0 aliphatic rings. The summed E-state index contributed by atoms with van der Waals surface area (Å²) in [4.78, 5) is 34.5. The minimum Gasteiger partial charge on any atom is -0.490 e. The second-order valence-corrected chi connectivity index (χ2v) is 5.62. The van der Waals surface area contributed by atoms with E-state index < -0.39 is 11.8 Å². The topological polar surface area (TPSA) is 118 Å². The largest absolute Gasteiger partial charge is 0.490 e. The quantitative estimate of drug-likeness (QED) is 0.352. The molecule has 0 spiro atoms. The molecule has 0 fully saturated rings. The van der Waals surface area contributed by atoms with Crippen LogP contribution in [0.1, 0.15) is 12.5 Å². The molecule has 29 heavy (non-hydrogen) atoms. The Kier molecular flexibility index (Phi) is 8.18. The average Bonchev–Trinajstić information content (AvgIpc) is 2.73. The normalized spacial score (nSPS) is 10.3. The van der Waals surface area contributed by atoms with E-state index >= 15 is 0 Å². The predicted octanol–water partition coefficient (Wildman–Crippen LogP) is 1.30. The zero-order valence-corrected chi connectivity index (χ0v) is 16.1. The van der Waals surface area contributed by atoms with E-state index in [0.717, 1.165) is 0 Å². The zero-order chi connectivity index (χ0) is 21.1. The fourth-order valence-corrected chi connectivity index (χ4v) is 2.18. The molecule has 2 aromatic rings. The van der Waals surface area contributed by atoms with Crippen LogP contribution >= 0.6 is 0 Å². The maximum absolute atomic E-state index is 12.0. The number of amides is 3. The third-order valence-electron chi connectivity index (χ3n) is 3.50. The molecular weight excluding hydrogens is 376 g/mol. The summed E-state index contributed by atoms with van der Waals surface area (Å²) in [5.41, 5.74) is 3.39. The van der Waals surface area contributed by atoms with Gasteiger partial charge in [-0.15, -0.1) is 0 Å². The van der Waals surface area contributed by atoms with Crippen molar-refractivity contribution in [2.24, 2.45) is 5.10 Å². The smallest absolute Gasteiger partial charge is 0.329 e. The van der Waals surface area contributed by atoms with Crippen molar-refractivity contribution in [3.05, 3.63) is 54.1 Å². The van der Waals surface area contributed by atoms with Crippen molar-refractivity contribution in [1.29, 1.82) is 0 Å². The number of rotatable bonds is 8. The molecule has 0 saturated carbocycles. The lowest BCUT2D eigenvalue weighted by molar-refractivity contribution is -0.138. The van der Waals surface area contributed by atoms with E-state index in [0.29, 0.717) is 29.4 Å². The van der Waals surface area contributed by atoms with Gasteiger partial charge in [-0.1, -0.05) is 18.2 Å². The highest BCUT2D eigenvalue weighted by Gasteiger charge is 2.11. The number of carbonyl (C=O) groups is 3. The van der Waals surface area contributed by atoms with Gasteiger partial charge in [0, 0.05) is 12.7 Å². The van der Waals surface area contributed by atoms with Gasteiger partial charge in [0.15, 0.2) is 18.1 Å². The van der Waals surface area contributed by atoms with Gasteiger partial charge in [0.2, 0.25) is 0 Å². The van der Waals surface area contributed by atoms with E-state index in [2.05, 4.69) is 21.2 Å². The van der Waals surface area contributed by atoms with Crippen molar-refractivity contribution < 1.29 is 23.9 Å². The molecule has 0 saturated heterocycles. The van der Waals surface area contributed by atoms with E-state index in [9.17, 15) is 14.4 Å². The number of carbonyl (C=O) groups excluding carboxylic acids is 3. The number of hydrogen-bond donors (Lipinski definition) is 3. The van der Waals surface area contributed by atoms with Gasteiger partial charge >= 0.3 is 11.8 Å². The minimum atomic E-state index is -0.877. The number of nitrogens with one attached hydrogen (secondary N) is 3.